The molecule has 0 bridgehead atoms. The molecule has 0 aliphatic heterocycles. The molecule has 2 aromatic rings. The summed E-state index contributed by atoms with van der Waals surface area (Å²) in [6, 6.07) is 9.93. The zero-order valence-corrected chi connectivity index (χ0v) is 9.06. The van der Waals surface area contributed by atoms with Gasteiger partial charge in [0.2, 0.25) is 0 Å². The average Bonchev–Trinajstić information content (AvgIpc) is 2.33. The number of hydrogen-bond donors (Lipinski definition) is 0. The molecular formula is C11H10CuFN2. The van der Waals surface area contributed by atoms with Crippen molar-refractivity contribution in [1.29, 1.82) is 0 Å². The fraction of sp³-hybridized carbons (Fsp3) is 0.0909. The van der Waals surface area contributed by atoms with E-state index in [1.54, 1.807) is 12.4 Å². The maximum absolute atomic E-state index is 9.06. The van der Waals surface area contributed by atoms with Crippen LogP contribution in [0.3, 0.4) is 0 Å². The molecule has 2 heterocycles. The van der Waals surface area contributed by atoms with E-state index in [2.05, 4.69) is 26.4 Å². The van der Waals surface area contributed by atoms with Crippen molar-refractivity contribution in [1.82, 2.24) is 9.97 Å². The summed E-state index contributed by atoms with van der Waals surface area (Å²) in [5.41, 5.74) is 3.15. The van der Waals surface area contributed by atoms with E-state index in [-0.39, 0.29) is 0 Å². The molecule has 0 aliphatic carbocycles. The molecule has 0 radical (unpaired) electrons. The molecule has 15 heavy (non-hydrogen) atoms. The van der Waals surface area contributed by atoms with Gasteiger partial charge in [-0.2, -0.15) is 0 Å². The molecule has 2 rings (SSSR count). The number of hydrogen-bond acceptors (Lipinski definition) is 2. The first-order valence-electron chi connectivity index (χ1n) is 4.32. The molecule has 0 unspecified atom stereocenters. The van der Waals surface area contributed by atoms with Gasteiger partial charge in [-0.1, -0.05) is 6.07 Å². The molecule has 0 amide bonds. The standard InChI is InChI=1S/C11H10N2.Cu.FH/c1-9-3-2-4-11(13-9)10-5-7-12-8-6-10;;/h2-8H,1H3;;1H/q;+1;/p-1. The first kappa shape index (κ1) is 11.8. The van der Waals surface area contributed by atoms with E-state index in [0.717, 1.165) is 17.0 Å². The number of nitrogens with zero attached hydrogens (tertiary/aromatic N) is 2. The monoisotopic (exact) mass is 252 g/mol. The quantitative estimate of drug-likeness (QED) is 0.730. The van der Waals surface area contributed by atoms with Crippen LogP contribution in [0, 0.1) is 6.92 Å². The minimum atomic E-state index is 1.00. The van der Waals surface area contributed by atoms with Gasteiger partial charge in [0.05, 0.1) is 5.69 Å². The summed E-state index contributed by atoms with van der Waals surface area (Å²) in [4.78, 5) is 8.38. The van der Waals surface area contributed by atoms with Gasteiger partial charge >= 0.3 is 20.0 Å². The van der Waals surface area contributed by atoms with Crippen LogP contribution in [0.25, 0.3) is 11.3 Å². The Kier molecular flexibility index (Phi) is 4.94. The molecular weight excluding hydrogens is 243 g/mol. The summed E-state index contributed by atoms with van der Waals surface area (Å²) in [6.07, 6.45) is 3.55. The first-order valence-corrected chi connectivity index (χ1v) is 4.67. The van der Waals surface area contributed by atoms with Crippen LogP contribution in [-0.2, 0) is 16.5 Å². The van der Waals surface area contributed by atoms with Gasteiger partial charge in [0, 0.05) is 23.7 Å². The summed E-state index contributed by atoms with van der Waals surface area (Å²) >= 11 is 2.69. The van der Waals surface area contributed by atoms with Crippen molar-refractivity contribution in [3.8, 4) is 11.3 Å². The van der Waals surface area contributed by atoms with Crippen molar-refractivity contribution in [2.45, 2.75) is 6.92 Å². The van der Waals surface area contributed by atoms with E-state index in [4.69, 9.17) is 3.55 Å². The third-order valence-corrected chi connectivity index (χ3v) is 1.86. The Morgan fingerprint density at radius 2 is 1.73 bits per heavy atom. The zero-order chi connectivity index (χ0) is 11.1. The van der Waals surface area contributed by atoms with Gasteiger partial charge in [-0.05, 0) is 31.2 Å². The number of aromatic nitrogens is 2. The van der Waals surface area contributed by atoms with Crippen LogP contribution in [0.2, 0.25) is 0 Å². The molecule has 4 heteroatoms. The molecule has 0 fully saturated rings. The van der Waals surface area contributed by atoms with Gasteiger partial charge < -0.3 is 0 Å². The second-order valence-corrected chi connectivity index (χ2v) is 2.90. The molecule has 2 nitrogen and oxygen atoms in total. The predicted octanol–water partition coefficient (Wildman–Crippen LogP) is 2.87. The van der Waals surface area contributed by atoms with Crippen LogP contribution in [0.15, 0.2) is 42.7 Å². The summed E-state index contributed by atoms with van der Waals surface area (Å²) in [6.45, 7) is 1.99. The van der Waals surface area contributed by atoms with Gasteiger partial charge in [-0.3, -0.25) is 9.97 Å². The number of aryl methyl sites for hydroxylation is 1. The predicted molar refractivity (Wildman–Crippen MR) is 53.3 cm³/mol. The maximum atomic E-state index is 9.06. The molecule has 2 aromatic heterocycles. The summed E-state index contributed by atoms with van der Waals surface area (Å²) in [5.74, 6) is 0. The van der Waals surface area contributed by atoms with Crippen molar-refractivity contribution in [2.24, 2.45) is 0 Å². The van der Waals surface area contributed by atoms with Gasteiger partial charge in [0.15, 0.2) is 0 Å². The van der Waals surface area contributed by atoms with E-state index < -0.39 is 0 Å². The van der Waals surface area contributed by atoms with E-state index >= 15 is 0 Å². The van der Waals surface area contributed by atoms with Gasteiger partial charge in [-0.25, -0.2) is 0 Å². The molecule has 0 saturated heterocycles. The second kappa shape index (κ2) is 6.27. The van der Waals surface area contributed by atoms with Crippen molar-refractivity contribution in [3.05, 3.63) is 48.4 Å². The number of rotatable bonds is 1. The van der Waals surface area contributed by atoms with Gasteiger partial charge in [-0.15, -0.1) is 0 Å². The van der Waals surface area contributed by atoms with Gasteiger partial charge in [0.25, 0.3) is 0 Å². The second-order valence-electron chi connectivity index (χ2n) is 2.90. The fourth-order valence-electron chi connectivity index (χ4n) is 1.23. The Morgan fingerprint density at radius 3 is 2.33 bits per heavy atom. The van der Waals surface area contributed by atoms with Crippen molar-refractivity contribution in [2.75, 3.05) is 0 Å². The normalized spacial score (nSPS) is 9.07. The summed E-state index contributed by atoms with van der Waals surface area (Å²) < 4.78 is 9.06. The molecule has 0 aliphatic rings. The van der Waals surface area contributed by atoms with Crippen LogP contribution < -0.4 is 0 Å². The topological polar surface area (TPSA) is 25.8 Å². The third kappa shape index (κ3) is 3.42. The average molecular weight is 253 g/mol. The van der Waals surface area contributed by atoms with E-state index in [1.807, 2.05) is 37.3 Å². The molecule has 0 atom stereocenters. The summed E-state index contributed by atoms with van der Waals surface area (Å²) in [5, 5.41) is 0. The molecule has 0 aromatic carbocycles. The van der Waals surface area contributed by atoms with E-state index in [1.165, 1.54) is 0 Å². The van der Waals surface area contributed by atoms with Crippen LogP contribution in [0.1, 0.15) is 5.69 Å². The Labute approximate surface area is 96.9 Å². The van der Waals surface area contributed by atoms with Crippen LogP contribution in [0.5, 0.6) is 0 Å². The Hall–Kier alpha value is -1.25. The molecule has 0 spiro atoms. The van der Waals surface area contributed by atoms with Crippen LogP contribution in [-0.4, -0.2) is 9.97 Å². The van der Waals surface area contributed by atoms with E-state index in [0.29, 0.717) is 0 Å². The number of halogens is 1. The zero-order valence-electron chi connectivity index (χ0n) is 8.12. The van der Waals surface area contributed by atoms with Crippen molar-refractivity contribution >= 4 is 0 Å². The number of pyridine rings is 2. The fourth-order valence-corrected chi connectivity index (χ4v) is 1.23. The van der Waals surface area contributed by atoms with Crippen LogP contribution >= 0.6 is 0 Å². The Balaban J connectivity index is 0.000000531. The molecule has 0 saturated carbocycles. The van der Waals surface area contributed by atoms with E-state index in [9.17, 15) is 0 Å². The summed E-state index contributed by atoms with van der Waals surface area (Å²) in [7, 11) is 0. The SMILES string of the molecule is Cc1cccc(-c2ccncc2)n1.[F][Cu]. The van der Waals surface area contributed by atoms with Crippen molar-refractivity contribution in [3.63, 3.8) is 0 Å². The Bertz CT molecular complexity index is 406. The van der Waals surface area contributed by atoms with Gasteiger partial charge in [0.1, 0.15) is 0 Å². The van der Waals surface area contributed by atoms with Crippen LogP contribution in [0.4, 0.5) is 3.55 Å². The molecule has 82 valence electrons. The molecule has 0 N–H and O–H groups in total. The third-order valence-electron chi connectivity index (χ3n) is 1.86. The minimum absolute atomic E-state index is 1.00. The first-order chi connectivity index (χ1) is 7.36. The Morgan fingerprint density at radius 1 is 1.07 bits per heavy atom. The van der Waals surface area contributed by atoms with Crippen molar-refractivity contribution < 1.29 is 20.0 Å².